The van der Waals surface area contributed by atoms with E-state index in [0.29, 0.717) is 67.6 Å². The number of carbonyl (C=O) groups excluding carboxylic acids is 2. The van der Waals surface area contributed by atoms with Gasteiger partial charge in [-0.1, -0.05) is 19.3 Å². The topological polar surface area (TPSA) is 226 Å². The van der Waals surface area contributed by atoms with Gasteiger partial charge in [-0.3, -0.25) is 19.6 Å². The van der Waals surface area contributed by atoms with E-state index in [2.05, 4.69) is 20.6 Å². The van der Waals surface area contributed by atoms with Crippen molar-refractivity contribution in [2.75, 3.05) is 30.3 Å². The number of guanidine groups is 2. The minimum atomic E-state index is -0.427. The highest BCUT2D eigenvalue weighted by atomic mass is 16.5. The van der Waals surface area contributed by atoms with Crippen LogP contribution < -0.4 is 43.0 Å². The molecule has 0 bridgehead atoms. The van der Waals surface area contributed by atoms with Crippen molar-refractivity contribution in [3.8, 4) is 23.0 Å². The van der Waals surface area contributed by atoms with Crippen molar-refractivity contribution in [2.45, 2.75) is 44.9 Å². The number of nitrogens with one attached hydrogen (secondary N) is 2. The predicted molar refractivity (Wildman–Crippen MR) is 177 cm³/mol. The number of nitrogens with zero attached hydrogens (tertiary/aromatic N) is 2. The summed E-state index contributed by atoms with van der Waals surface area (Å²) in [4.78, 5) is 34.1. The Balaban J connectivity index is 1.61. The zero-order valence-corrected chi connectivity index (χ0v) is 25.2. The lowest BCUT2D eigenvalue weighted by molar-refractivity contribution is -0.116. The first-order valence-electron chi connectivity index (χ1n) is 14.8. The molecule has 0 saturated heterocycles. The number of phenolic OH excluding ortho intramolecular Hbond substituents is 1. The second-order valence-electron chi connectivity index (χ2n) is 10.2. The Morgan fingerprint density at radius 2 is 1.27 bits per heavy atom. The molecule has 0 radical (unpaired) electrons. The van der Waals surface area contributed by atoms with E-state index in [9.17, 15) is 14.7 Å². The van der Waals surface area contributed by atoms with Gasteiger partial charge in [-0.25, -0.2) is 0 Å². The smallest absolute Gasteiger partial charge is 0.257 e. The minimum Gasteiger partial charge on any atom is -0.508 e. The van der Waals surface area contributed by atoms with Crippen molar-refractivity contribution in [2.24, 2.45) is 32.9 Å². The quantitative estimate of drug-likeness (QED) is 0.0619. The van der Waals surface area contributed by atoms with Crippen molar-refractivity contribution >= 4 is 35.1 Å². The van der Waals surface area contributed by atoms with Crippen LogP contribution in [-0.2, 0) is 4.79 Å². The fraction of sp³-hybridized carbons (Fsp3) is 0.312. The molecule has 3 aromatic carbocycles. The van der Waals surface area contributed by atoms with Crippen LogP contribution in [0.5, 0.6) is 23.0 Å². The third-order valence-electron chi connectivity index (χ3n) is 6.42. The molecule has 2 amide bonds. The summed E-state index contributed by atoms with van der Waals surface area (Å²) in [6.07, 6.45) is 5.33. The Morgan fingerprint density at radius 3 is 1.93 bits per heavy atom. The molecule has 0 fully saturated rings. The van der Waals surface area contributed by atoms with Crippen LogP contribution in [0.15, 0.2) is 76.7 Å². The molecule has 3 rings (SSSR count). The predicted octanol–water partition coefficient (Wildman–Crippen LogP) is 4.03. The number of nitrogens with two attached hydrogens (primary N) is 4. The lowest BCUT2D eigenvalue weighted by Gasteiger charge is -2.14. The van der Waals surface area contributed by atoms with Crippen LogP contribution in [0.1, 0.15) is 55.3 Å². The zero-order chi connectivity index (χ0) is 32.4. The molecule has 0 aromatic heterocycles. The summed E-state index contributed by atoms with van der Waals surface area (Å²) >= 11 is 0. The van der Waals surface area contributed by atoms with E-state index in [1.165, 1.54) is 12.1 Å². The summed E-state index contributed by atoms with van der Waals surface area (Å²) in [5.74, 6) is 1.20. The Hall–Kier alpha value is -5.46. The number of anilines is 2. The van der Waals surface area contributed by atoms with Crippen LogP contribution in [0.4, 0.5) is 11.4 Å². The standard InChI is InChI=1S/C32H42N8O5/c33-31(34)37-18-5-3-1-2-4-7-29(42)40-28-17-16-26(44-20-6-19-38-32(35)36)21-27(28)30(43)39-22-8-12-24(13-9-22)45-25-14-10-23(41)11-15-25/h8-17,21,41H,1-7,18-20H2,(H,39,43)(H,40,42)(H4,33,34,37)(H4,35,36,38). The van der Waals surface area contributed by atoms with Crippen LogP contribution in [0, 0.1) is 0 Å². The molecule has 0 atom stereocenters. The maximum Gasteiger partial charge on any atom is 0.257 e. The molecule has 0 unspecified atom stereocenters. The number of benzene rings is 3. The number of ether oxygens (including phenoxy) is 2. The Morgan fingerprint density at radius 1 is 0.689 bits per heavy atom. The van der Waals surface area contributed by atoms with Crippen molar-refractivity contribution in [1.82, 2.24) is 0 Å². The molecular formula is C32H42N8O5. The highest BCUT2D eigenvalue weighted by Crippen LogP contribution is 2.27. The molecular weight excluding hydrogens is 576 g/mol. The molecule has 0 aliphatic heterocycles. The maximum atomic E-state index is 13.4. The van der Waals surface area contributed by atoms with E-state index >= 15 is 0 Å². The Kier molecular flexibility index (Phi) is 13.8. The van der Waals surface area contributed by atoms with Crippen LogP contribution in [0.2, 0.25) is 0 Å². The van der Waals surface area contributed by atoms with Gasteiger partial charge in [0, 0.05) is 31.6 Å². The average Bonchev–Trinajstić information content (AvgIpc) is 3.00. The van der Waals surface area contributed by atoms with E-state index in [-0.39, 0.29) is 29.1 Å². The SMILES string of the molecule is NC(N)=NCCCCCCCC(=O)Nc1ccc(OCCCN=C(N)N)cc1C(=O)Nc1ccc(Oc2ccc(O)cc2)cc1. The van der Waals surface area contributed by atoms with Gasteiger partial charge in [-0.05, 0) is 79.6 Å². The summed E-state index contributed by atoms with van der Waals surface area (Å²) in [6, 6.07) is 18.1. The molecule has 0 heterocycles. The van der Waals surface area contributed by atoms with Crippen molar-refractivity contribution in [1.29, 1.82) is 0 Å². The van der Waals surface area contributed by atoms with Gasteiger partial charge >= 0.3 is 0 Å². The highest BCUT2D eigenvalue weighted by molar-refractivity contribution is 6.10. The lowest BCUT2D eigenvalue weighted by atomic mass is 10.1. The number of phenols is 1. The molecule has 11 N–H and O–H groups in total. The lowest BCUT2D eigenvalue weighted by Crippen LogP contribution is -2.23. The van der Waals surface area contributed by atoms with Crippen molar-refractivity contribution in [3.63, 3.8) is 0 Å². The van der Waals surface area contributed by atoms with Crippen LogP contribution in [0.3, 0.4) is 0 Å². The number of unbranched alkanes of at least 4 members (excludes halogenated alkanes) is 4. The van der Waals surface area contributed by atoms with Crippen LogP contribution in [0.25, 0.3) is 0 Å². The third kappa shape index (κ3) is 13.2. The number of amides is 2. The molecule has 0 saturated carbocycles. The largest absolute Gasteiger partial charge is 0.508 e. The summed E-state index contributed by atoms with van der Waals surface area (Å²) in [6.45, 7) is 1.34. The van der Waals surface area contributed by atoms with Crippen molar-refractivity contribution < 1.29 is 24.2 Å². The molecule has 0 aliphatic carbocycles. The Labute approximate surface area is 262 Å². The zero-order valence-electron chi connectivity index (χ0n) is 25.2. The van der Waals surface area contributed by atoms with Gasteiger partial charge in [0.1, 0.15) is 23.0 Å². The van der Waals surface area contributed by atoms with E-state index in [4.69, 9.17) is 32.4 Å². The van der Waals surface area contributed by atoms with Gasteiger partial charge in [-0.15, -0.1) is 0 Å². The number of aromatic hydroxyl groups is 1. The molecule has 45 heavy (non-hydrogen) atoms. The van der Waals surface area contributed by atoms with E-state index in [0.717, 1.165) is 25.7 Å². The number of hydrogen-bond donors (Lipinski definition) is 7. The van der Waals surface area contributed by atoms with Crippen LogP contribution >= 0.6 is 0 Å². The normalized spacial score (nSPS) is 10.4. The first-order chi connectivity index (χ1) is 21.7. The highest BCUT2D eigenvalue weighted by Gasteiger charge is 2.16. The summed E-state index contributed by atoms with van der Waals surface area (Å²) < 4.78 is 11.6. The van der Waals surface area contributed by atoms with Gasteiger partial charge in [0.2, 0.25) is 5.91 Å². The van der Waals surface area contributed by atoms with Crippen molar-refractivity contribution in [3.05, 3.63) is 72.3 Å². The van der Waals surface area contributed by atoms with Gasteiger partial charge in [0.05, 0.1) is 17.9 Å². The third-order valence-corrected chi connectivity index (χ3v) is 6.42. The van der Waals surface area contributed by atoms with Crippen LogP contribution in [-0.4, -0.2) is 48.5 Å². The number of rotatable bonds is 18. The van der Waals surface area contributed by atoms with E-state index in [1.807, 2.05) is 0 Å². The second-order valence-corrected chi connectivity index (χ2v) is 10.2. The second kappa shape index (κ2) is 18.3. The number of aliphatic imine (C=N–C) groups is 2. The number of carbonyl (C=O) groups is 2. The summed E-state index contributed by atoms with van der Waals surface area (Å²) in [5.41, 5.74) is 22.5. The molecule has 0 aliphatic rings. The summed E-state index contributed by atoms with van der Waals surface area (Å²) in [5, 5.41) is 15.2. The first-order valence-corrected chi connectivity index (χ1v) is 14.8. The minimum absolute atomic E-state index is 0.0110. The van der Waals surface area contributed by atoms with Gasteiger partial charge < -0.3 is 48.1 Å². The fourth-order valence-corrected chi connectivity index (χ4v) is 4.18. The molecule has 13 nitrogen and oxygen atoms in total. The van der Waals surface area contributed by atoms with Gasteiger partial charge in [0.25, 0.3) is 5.91 Å². The molecule has 240 valence electrons. The Bertz CT molecular complexity index is 1430. The first kappa shape index (κ1) is 34.0. The number of hydrogen-bond acceptors (Lipinski definition) is 7. The summed E-state index contributed by atoms with van der Waals surface area (Å²) in [7, 11) is 0. The van der Waals surface area contributed by atoms with E-state index in [1.54, 1.807) is 54.6 Å². The van der Waals surface area contributed by atoms with E-state index < -0.39 is 5.91 Å². The molecule has 0 spiro atoms. The molecule has 3 aromatic rings. The molecule has 13 heteroatoms. The monoisotopic (exact) mass is 618 g/mol. The van der Waals surface area contributed by atoms with Gasteiger partial charge in [0.15, 0.2) is 11.9 Å². The van der Waals surface area contributed by atoms with Gasteiger partial charge in [-0.2, -0.15) is 0 Å². The fourth-order valence-electron chi connectivity index (χ4n) is 4.18. The average molecular weight is 619 g/mol. The maximum absolute atomic E-state index is 13.4.